The number of hydrogen-bond acceptors (Lipinski definition) is 8. The van der Waals surface area contributed by atoms with Gasteiger partial charge in [0, 0.05) is 22.9 Å². The predicted octanol–water partition coefficient (Wildman–Crippen LogP) is 3.07. The lowest BCUT2D eigenvalue weighted by Crippen LogP contribution is -2.08. The second-order valence-electron chi connectivity index (χ2n) is 4.41. The lowest BCUT2D eigenvalue weighted by Gasteiger charge is -2.12. The van der Waals surface area contributed by atoms with E-state index in [0.717, 1.165) is 24.3 Å². The largest absolute Gasteiger partial charge is 0.511 e. The van der Waals surface area contributed by atoms with Gasteiger partial charge in [-0.05, 0) is 12.1 Å². The molecule has 0 bridgehead atoms. The monoisotopic (exact) mass is 368 g/mol. The van der Waals surface area contributed by atoms with E-state index < -0.39 is 47.6 Å². The van der Waals surface area contributed by atoms with Crippen LogP contribution in [-0.2, 0) is 0 Å². The second kappa shape index (κ2) is 7.12. The first-order chi connectivity index (χ1) is 12.2. The minimum Gasteiger partial charge on any atom is -0.449 e. The molecule has 0 saturated carbocycles. The normalized spacial score (nSPS) is 10.0. The van der Waals surface area contributed by atoms with Crippen molar-refractivity contribution in [2.45, 2.75) is 0 Å². The highest BCUT2D eigenvalue weighted by molar-refractivity contribution is 5.98. The fourth-order valence-electron chi connectivity index (χ4n) is 2.02. The van der Waals surface area contributed by atoms with Gasteiger partial charge in [0.2, 0.25) is 0 Å². The molecule has 0 unspecified atom stereocenters. The molecule has 26 heavy (non-hydrogen) atoms. The van der Waals surface area contributed by atoms with Crippen LogP contribution in [0.1, 0.15) is 0 Å². The molecule has 0 aliphatic rings. The lowest BCUT2D eigenvalue weighted by molar-refractivity contribution is 0.139. The van der Waals surface area contributed by atoms with E-state index >= 15 is 0 Å². The minimum absolute atomic E-state index is 0.139. The SMILES string of the molecule is O=C(O)Oc1cc(OC(=O)O)c2cc(OC(=O)O)cc(OC(=O)O)c2c1. The summed E-state index contributed by atoms with van der Waals surface area (Å²) in [6.07, 6.45) is -7.00. The molecule has 136 valence electrons. The van der Waals surface area contributed by atoms with Gasteiger partial charge in [0.05, 0.1) is 0 Å². The molecule has 0 aliphatic carbocycles. The molecule has 2 aromatic rings. The molecule has 0 radical (unpaired) electrons. The summed E-state index contributed by atoms with van der Waals surface area (Å²) in [6.45, 7) is 0. The molecule has 0 atom stereocenters. The van der Waals surface area contributed by atoms with Gasteiger partial charge in [-0.1, -0.05) is 0 Å². The summed E-state index contributed by atoms with van der Waals surface area (Å²) >= 11 is 0. The maximum atomic E-state index is 10.8. The highest BCUT2D eigenvalue weighted by Gasteiger charge is 2.19. The number of carboxylic acid groups (broad SMARTS) is 4. The van der Waals surface area contributed by atoms with Gasteiger partial charge in [-0.3, -0.25) is 0 Å². The van der Waals surface area contributed by atoms with E-state index in [1.807, 2.05) is 0 Å². The van der Waals surface area contributed by atoms with Crippen molar-refractivity contribution in [3.8, 4) is 23.0 Å². The van der Waals surface area contributed by atoms with Gasteiger partial charge in [-0.25, -0.2) is 19.2 Å². The first-order valence-electron chi connectivity index (χ1n) is 6.40. The van der Waals surface area contributed by atoms with Crippen LogP contribution >= 0.6 is 0 Å². The summed E-state index contributed by atoms with van der Waals surface area (Å²) < 4.78 is 17.8. The third-order valence-corrected chi connectivity index (χ3v) is 2.75. The van der Waals surface area contributed by atoms with E-state index in [-0.39, 0.29) is 10.8 Å². The van der Waals surface area contributed by atoms with Crippen LogP contribution in [0.3, 0.4) is 0 Å². The number of hydrogen-bond donors (Lipinski definition) is 4. The summed E-state index contributed by atoms with van der Waals surface area (Å²) in [7, 11) is 0. The average Bonchev–Trinajstić information content (AvgIpc) is 2.45. The van der Waals surface area contributed by atoms with Gasteiger partial charge in [-0.15, -0.1) is 0 Å². The van der Waals surface area contributed by atoms with Crippen molar-refractivity contribution in [2.24, 2.45) is 0 Å². The Morgan fingerprint density at radius 2 is 0.846 bits per heavy atom. The molecule has 0 aliphatic heterocycles. The van der Waals surface area contributed by atoms with Gasteiger partial charge in [0.1, 0.15) is 23.0 Å². The Kier molecular flexibility index (Phi) is 4.97. The summed E-state index contributed by atoms with van der Waals surface area (Å²) in [5.74, 6) is -1.75. The maximum Gasteiger partial charge on any atom is 0.511 e. The van der Waals surface area contributed by atoms with Crippen LogP contribution in [0.15, 0.2) is 24.3 Å². The smallest absolute Gasteiger partial charge is 0.449 e. The molecule has 0 aromatic heterocycles. The molecular formula is C14H8O12. The molecule has 0 amide bonds. The van der Waals surface area contributed by atoms with Gasteiger partial charge in [0.15, 0.2) is 0 Å². The third kappa shape index (κ3) is 4.41. The fraction of sp³-hybridized carbons (Fsp3) is 0. The van der Waals surface area contributed by atoms with Crippen LogP contribution in [0, 0.1) is 0 Å². The summed E-state index contributed by atoms with van der Waals surface area (Å²) in [5, 5.41) is 34.7. The molecule has 0 spiro atoms. The summed E-state index contributed by atoms with van der Waals surface area (Å²) in [4.78, 5) is 43.1. The second-order valence-corrected chi connectivity index (χ2v) is 4.41. The summed E-state index contributed by atoms with van der Waals surface area (Å²) in [5.41, 5.74) is 0. The molecule has 12 nitrogen and oxygen atoms in total. The van der Waals surface area contributed by atoms with E-state index in [4.69, 9.17) is 20.4 Å². The topological polar surface area (TPSA) is 186 Å². The zero-order valence-electron chi connectivity index (χ0n) is 12.4. The van der Waals surface area contributed by atoms with Crippen molar-refractivity contribution >= 4 is 35.4 Å². The summed E-state index contributed by atoms with van der Waals surface area (Å²) in [6, 6.07) is 3.83. The van der Waals surface area contributed by atoms with Crippen molar-refractivity contribution in [3.05, 3.63) is 24.3 Å². The average molecular weight is 368 g/mol. The van der Waals surface area contributed by atoms with E-state index in [1.165, 1.54) is 0 Å². The van der Waals surface area contributed by atoms with Crippen LogP contribution in [0.25, 0.3) is 10.8 Å². The van der Waals surface area contributed by atoms with Crippen molar-refractivity contribution in [1.29, 1.82) is 0 Å². The van der Waals surface area contributed by atoms with Gasteiger partial charge < -0.3 is 39.4 Å². The molecule has 2 aromatic carbocycles. The first kappa shape index (κ1) is 18.1. The number of rotatable bonds is 4. The third-order valence-electron chi connectivity index (χ3n) is 2.75. The van der Waals surface area contributed by atoms with Crippen LogP contribution in [0.5, 0.6) is 23.0 Å². The predicted molar refractivity (Wildman–Crippen MR) is 78.6 cm³/mol. The van der Waals surface area contributed by atoms with Gasteiger partial charge in [0.25, 0.3) is 0 Å². The first-order valence-corrected chi connectivity index (χ1v) is 6.40. The van der Waals surface area contributed by atoms with Crippen molar-refractivity contribution in [1.82, 2.24) is 0 Å². The van der Waals surface area contributed by atoms with E-state index in [0.29, 0.717) is 0 Å². The van der Waals surface area contributed by atoms with Crippen LogP contribution in [-0.4, -0.2) is 45.0 Å². The minimum atomic E-state index is -1.77. The number of fused-ring (bicyclic) bond motifs is 1. The number of ether oxygens (including phenoxy) is 4. The van der Waals surface area contributed by atoms with Crippen molar-refractivity contribution in [3.63, 3.8) is 0 Å². The van der Waals surface area contributed by atoms with Crippen LogP contribution < -0.4 is 18.9 Å². The zero-order chi connectivity index (χ0) is 19.4. The Bertz CT molecular complexity index is 841. The van der Waals surface area contributed by atoms with Gasteiger partial charge in [-0.2, -0.15) is 0 Å². The van der Waals surface area contributed by atoms with E-state index in [9.17, 15) is 19.2 Å². The Labute approximate surface area is 142 Å². The quantitative estimate of drug-likeness (QED) is 0.457. The highest BCUT2D eigenvalue weighted by Crippen LogP contribution is 2.40. The zero-order valence-corrected chi connectivity index (χ0v) is 12.4. The van der Waals surface area contributed by atoms with E-state index in [1.54, 1.807) is 0 Å². The Hall–Kier alpha value is -4.22. The molecule has 2 rings (SSSR count). The maximum absolute atomic E-state index is 10.8. The Balaban J connectivity index is 2.77. The molecule has 12 heteroatoms. The lowest BCUT2D eigenvalue weighted by atomic mass is 10.1. The standard InChI is InChI=1S/C14H8O12/c15-11(16)23-5-1-7-8(10(3-5)26-14(21)22)2-6(24-12(17)18)4-9(7)25-13(19)20/h1-4H,(H,15,16)(H,17,18)(H,19,20)(H,21,22). The molecule has 0 fully saturated rings. The fourth-order valence-corrected chi connectivity index (χ4v) is 2.02. The Morgan fingerprint density at radius 3 is 1.12 bits per heavy atom. The van der Waals surface area contributed by atoms with Gasteiger partial charge >= 0.3 is 24.6 Å². The van der Waals surface area contributed by atoms with Crippen molar-refractivity contribution < 1.29 is 58.6 Å². The molecule has 0 heterocycles. The molecular weight excluding hydrogens is 360 g/mol. The van der Waals surface area contributed by atoms with Crippen LogP contribution in [0.2, 0.25) is 0 Å². The number of benzene rings is 2. The Morgan fingerprint density at radius 1 is 0.538 bits per heavy atom. The molecule has 0 saturated heterocycles. The molecule has 4 N–H and O–H groups in total. The van der Waals surface area contributed by atoms with Crippen LogP contribution in [0.4, 0.5) is 19.2 Å². The highest BCUT2D eigenvalue weighted by atomic mass is 16.7. The van der Waals surface area contributed by atoms with Crippen molar-refractivity contribution in [2.75, 3.05) is 0 Å². The van der Waals surface area contributed by atoms with E-state index in [2.05, 4.69) is 18.9 Å². The number of carbonyl (C=O) groups is 4.